The molecule has 3 aromatic rings. The molecule has 0 amide bonds. The zero-order valence-corrected chi connectivity index (χ0v) is 14.4. The van der Waals surface area contributed by atoms with Crippen molar-refractivity contribution < 1.29 is 17.9 Å². The average Bonchev–Trinajstić information content (AvgIpc) is 2.60. The van der Waals surface area contributed by atoms with Crippen molar-refractivity contribution in [2.75, 3.05) is 13.7 Å². The summed E-state index contributed by atoms with van der Waals surface area (Å²) < 4.78 is 47.2. The van der Waals surface area contributed by atoms with E-state index in [9.17, 15) is 18.0 Å². The van der Waals surface area contributed by atoms with Gasteiger partial charge < -0.3 is 9.30 Å². The molecule has 2 aromatic heterocycles. The maximum Gasteiger partial charge on any atom is 0.417 e. The fourth-order valence-corrected chi connectivity index (χ4v) is 2.91. The van der Waals surface area contributed by atoms with Crippen LogP contribution in [0.3, 0.4) is 0 Å². The highest BCUT2D eigenvalue weighted by Gasteiger charge is 2.35. The molecule has 0 saturated heterocycles. The van der Waals surface area contributed by atoms with Crippen LogP contribution in [-0.4, -0.2) is 28.3 Å². The fourth-order valence-electron chi connectivity index (χ4n) is 2.64. The number of aromatic amines is 1. The number of rotatable bonds is 4. The number of hydrogen-bond donors (Lipinski definition) is 1. The molecular weight excluding hydrogens is 367 g/mol. The number of H-pyrrole nitrogens is 1. The topological polar surface area (TPSA) is 59.9 Å². The van der Waals surface area contributed by atoms with Gasteiger partial charge in [0.25, 0.3) is 5.56 Å². The number of alkyl halides is 3. The molecule has 0 bridgehead atoms. The van der Waals surface area contributed by atoms with E-state index in [1.807, 2.05) is 0 Å². The molecule has 3 rings (SSSR count). The molecule has 5 nitrogen and oxygen atoms in total. The van der Waals surface area contributed by atoms with Crippen LogP contribution in [0.1, 0.15) is 5.56 Å². The Balaban J connectivity index is 2.44. The smallest absolute Gasteiger partial charge is 0.383 e. The van der Waals surface area contributed by atoms with Crippen molar-refractivity contribution in [2.45, 2.75) is 12.7 Å². The summed E-state index contributed by atoms with van der Waals surface area (Å²) >= 11 is 5.11. The summed E-state index contributed by atoms with van der Waals surface area (Å²) in [6, 6.07) is 9.33. The van der Waals surface area contributed by atoms with Crippen molar-refractivity contribution in [3.63, 3.8) is 0 Å². The zero-order valence-electron chi connectivity index (χ0n) is 13.6. The molecule has 2 heterocycles. The number of hydrogen-bond acceptors (Lipinski definition) is 4. The molecule has 9 heteroatoms. The number of aromatic nitrogens is 3. The van der Waals surface area contributed by atoms with Crippen LogP contribution in [0, 0.1) is 4.77 Å². The molecule has 1 aromatic carbocycles. The summed E-state index contributed by atoms with van der Waals surface area (Å²) in [6.45, 7) is 0.360. The van der Waals surface area contributed by atoms with Gasteiger partial charge in [0.2, 0.25) is 0 Å². The second-order valence-electron chi connectivity index (χ2n) is 5.52. The third-order valence-electron chi connectivity index (χ3n) is 3.84. The first-order chi connectivity index (χ1) is 12.3. The summed E-state index contributed by atoms with van der Waals surface area (Å²) in [5.41, 5.74) is -1.48. The lowest BCUT2D eigenvalue weighted by Gasteiger charge is -2.16. The molecule has 136 valence electrons. The van der Waals surface area contributed by atoms with E-state index in [0.29, 0.717) is 5.56 Å². The van der Waals surface area contributed by atoms with E-state index in [0.717, 1.165) is 6.07 Å². The summed E-state index contributed by atoms with van der Waals surface area (Å²) in [6.07, 6.45) is -4.72. The monoisotopic (exact) mass is 381 g/mol. The van der Waals surface area contributed by atoms with E-state index >= 15 is 0 Å². The average molecular weight is 381 g/mol. The maximum absolute atomic E-state index is 13.6. The Bertz CT molecular complexity index is 1060. The Kier molecular flexibility index (Phi) is 4.92. The second-order valence-corrected chi connectivity index (χ2v) is 5.91. The number of nitrogens with one attached hydrogen (secondary N) is 1. The Morgan fingerprint density at radius 1 is 1.27 bits per heavy atom. The lowest BCUT2D eigenvalue weighted by molar-refractivity contribution is -0.136. The van der Waals surface area contributed by atoms with Crippen molar-refractivity contribution in [2.24, 2.45) is 0 Å². The van der Waals surface area contributed by atoms with Gasteiger partial charge in [-0.25, -0.2) is 4.98 Å². The molecule has 0 atom stereocenters. The highest BCUT2D eigenvalue weighted by molar-refractivity contribution is 7.71. The molecule has 0 aliphatic heterocycles. The minimum atomic E-state index is -4.72. The Hall–Kier alpha value is -2.52. The molecule has 0 aliphatic carbocycles. The van der Waals surface area contributed by atoms with Gasteiger partial charge in [-0.3, -0.25) is 9.78 Å². The van der Waals surface area contributed by atoms with E-state index in [-0.39, 0.29) is 29.3 Å². The van der Waals surface area contributed by atoms with Gasteiger partial charge in [-0.1, -0.05) is 30.3 Å². The van der Waals surface area contributed by atoms with Gasteiger partial charge in [-0.15, -0.1) is 0 Å². The third kappa shape index (κ3) is 3.40. The van der Waals surface area contributed by atoms with Crippen molar-refractivity contribution in [3.8, 4) is 11.3 Å². The molecule has 26 heavy (non-hydrogen) atoms. The Morgan fingerprint density at radius 2 is 1.96 bits per heavy atom. The molecule has 1 N–H and O–H groups in total. The zero-order chi connectivity index (χ0) is 18.9. The normalized spacial score (nSPS) is 11.8. The van der Waals surface area contributed by atoms with Gasteiger partial charge in [-0.2, -0.15) is 13.2 Å². The first kappa shape index (κ1) is 18.3. The van der Waals surface area contributed by atoms with Crippen LogP contribution < -0.4 is 5.56 Å². The number of fused-ring (bicyclic) bond motifs is 1. The van der Waals surface area contributed by atoms with Crippen LogP contribution in [0.4, 0.5) is 13.2 Å². The van der Waals surface area contributed by atoms with Gasteiger partial charge in [0, 0.05) is 12.7 Å². The summed E-state index contributed by atoms with van der Waals surface area (Å²) in [5, 5.41) is -0.540. The van der Waals surface area contributed by atoms with Crippen LogP contribution in [0.15, 0.2) is 41.2 Å². The first-order valence-corrected chi connectivity index (χ1v) is 8.03. The minimum absolute atomic E-state index is 0.00890. The SMILES string of the molecule is COCCn1c(=S)[nH]c(=O)c2c(C(F)(F)F)cc(-c3ccccc3)nc21. The number of nitrogens with zero attached hydrogens (tertiary/aromatic N) is 2. The molecule has 0 saturated carbocycles. The molecule has 0 fully saturated rings. The van der Waals surface area contributed by atoms with Crippen LogP contribution in [0.5, 0.6) is 0 Å². The third-order valence-corrected chi connectivity index (χ3v) is 4.17. The molecular formula is C17H14F3N3O2S. The van der Waals surface area contributed by atoms with Gasteiger partial charge in [-0.05, 0) is 18.3 Å². The number of ether oxygens (including phenoxy) is 1. The van der Waals surface area contributed by atoms with Gasteiger partial charge in [0.1, 0.15) is 5.65 Å². The largest absolute Gasteiger partial charge is 0.417 e. The van der Waals surface area contributed by atoms with Gasteiger partial charge in [0.15, 0.2) is 4.77 Å². The van der Waals surface area contributed by atoms with E-state index in [1.54, 1.807) is 30.3 Å². The summed E-state index contributed by atoms with van der Waals surface area (Å²) in [4.78, 5) is 18.8. The van der Waals surface area contributed by atoms with Crippen molar-refractivity contribution in [1.29, 1.82) is 0 Å². The van der Waals surface area contributed by atoms with E-state index in [2.05, 4.69) is 9.97 Å². The quantitative estimate of drug-likeness (QED) is 0.699. The highest BCUT2D eigenvalue weighted by Crippen LogP contribution is 2.35. The Morgan fingerprint density at radius 3 is 2.58 bits per heavy atom. The number of methoxy groups -OCH3 is 1. The van der Waals surface area contributed by atoms with Crippen LogP contribution in [-0.2, 0) is 17.5 Å². The van der Waals surface area contributed by atoms with Crippen LogP contribution in [0.25, 0.3) is 22.3 Å². The van der Waals surface area contributed by atoms with E-state index in [4.69, 9.17) is 17.0 Å². The molecule has 0 unspecified atom stereocenters. The van der Waals surface area contributed by atoms with Crippen LogP contribution >= 0.6 is 12.2 Å². The minimum Gasteiger partial charge on any atom is -0.383 e. The van der Waals surface area contributed by atoms with E-state index in [1.165, 1.54) is 11.7 Å². The molecule has 0 radical (unpaired) electrons. The first-order valence-electron chi connectivity index (χ1n) is 7.62. The Labute approximate surface area is 151 Å². The van der Waals surface area contributed by atoms with Gasteiger partial charge >= 0.3 is 6.18 Å². The maximum atomic E-state index is 13.6. The van der Waals surface area contributed by atoms with Crippen molar-refractivity contribution in [1.82, 2.24) is 14.5 Å². The number of halogens is 3. The lowest BCUT2D eigenvalue weighted by Crippen LogP contribution is -2.21. The fraction of sp³-hybridized carbons (Fsp3) is 0.235. The number of pyridine rings is 1. The summed E-state index contributed by atoms with van der Waals surface area (Å²) in [7, 11) is 1.46. The summed E-state index contributed by atoms with van der Waals surface area (Å²) in [5.74, 6) is 0. The van der Waals surface area contributed by atoms with Gasteiger partial charge in [0.05, 0.1) is 29.8 Å². The van der Waals surface area contributed by atoms with Crippen molar-refractivity contribution >= 4 is 23.3 Å². The predicted molar refractivity (Wildman–Crippen MR) is 93.5 cm³/mol. The number of benzene rings is 1. The predicted octanol–water partition coefficient (Wildman–Crippen LogP) is 3.79. The lowest BCUT2D eigenvalue weighted by atomic mass is 10.1. The van der Waals surface area contributed by atoms with E-state index < -0.39 is 22.7 Å². The molecule has 0 spiro atoms. The van der Waals surface area contributed by atoms with Crippen LogP contribution in [0.2, 0.25) is 0 Å². The molecule has 0 aliphatic rings. The standard InChI is InChI=1S/C17H14F3N3O2S/c1-25-8-7-23-14-13(15(24)22-16(23)26)11(17(18,19)20)9-12(21-14)10-5-3-2-4-6-10/h2-6,9H,7-8H2,1H3,(H,22,24,26). The highest BCUT2D eigenvalue weighted by atomic mass is 32.1. The second kappa shape index (κ2) is 7.00. The van der Waals surface area contributed by atoms with Crippen molar-refractivity contribution in [3.05, 3.63) is 57.1 Å².